The summed E-state index contributed by atoms with van der Waals surface area (Å²) < 4.78 is 61.3. The van der Waals surface area contributed by atoms with Crippen molar-refractivity contribution in [3.05, 3.63) is 66.0 Å². The van der Waals surface area contributed by atoms with Crippen molar-refractivity contribution < 1.29 is 37.0 Å². The maximum absolute atomic E-state index is 15.1. The van der Waals surface area contributed by atoms with Crippen molar-refractivity contribution >= 4 is 28.9 Å². The lowest BCUT2D eigenvalue weighted by atomic mass is 10.1. The zero-order valence-corrected chi connectivity index (χ0v) is 20.2. The minimum Gasteiger partial charge on any atom is -0.382 e. The number of fused-ring (bicyclic) bond motifs is 1. The Bertz CT molecular complexity index is 1540. The van der Waals surface area contributed by atoms with Crippen LogP contribution >= 0.6 is 0 Å². The van der Waals surface area contributed by atoms with E-state index in [9.17, 15) is 23.2 Å². The van der Waals surface area contributed by atoms with E-state index in [1.165, 1.54) is 18.5 Å². The summed E-state index contributed by atoms with van der Waals surface area (Å²) in [5.41, 5.74) is 7.14. The molecule has 0 spiro atoms. The van der Waals surface area contributed by atoms with Crippen LogP contribution in [0.2, 0.25) is 0 Å². The van der Waals surface area contributed by atoms with Crippen molar-refractivity contribution in [2.75, 3.05) is 42.7 Å². The maximum Gasteiger partial charge on any atom is 0.416 e. The lowest BCUT2D eigenvalue weighted by Crippen LogP contribution is -2.37. The number of hydrogen-bond acceptors (Lipinski definition) is 7. The second-order valence-corrected chi connectivity index (χ2v) is 8.76. The number of carbonyl (C=O) groups is 1. The first-order chi connectivity index (χ1) is 18.6. The van der Waals surface area contributed by atoms with Crippen molar-refractivity contribution in [1.82, 2.24) is 19.5 Å². The van der Waals surface area contributed by atoms with Gasteiger partial charge in [-0.25, -0.2) is 18.7 Å². The number of nitrogens with one attached hydrogen (secondary N) is 2. The molecule has 1 aliphatic rings. The molecular formula is C26H31F4N8O3+. The molecule has 2 amide bonds. The third-order valence-corrected chi connectivity index (χ3v) is 6.18. The number of hydrogen-bond donors (Lipinski definition) is 4. The Labute approximate surface area is 233 Å². The van der Waals surface area contributed by atoms with Crippen molar-refractivity contribution in [2.24, 2.45) is 0 Å². The Morgan fingerprint density at radius 1 is 1.12 bits per heavy atom. The summed E-state index contributed by atoms with van der Waals surface area (Å²) >= 11 is 0. The monoisotopic (exact) mass is 579 g/mol. The Kier molecular flexibility index (Phi) is 9.35. The van der Waals surface area contributed by atoms with Gasteiger partial charge in [0.1, 0.15) is 23.9 Å². The number of pyridine rings is 1. The Morgan fingerprint density at radius 2 is 1.85 bits per heavy atom. The predicted molar refractivity (Wildman–Crippen MR) is 144 cm³/mol. The van der Waals surface area contributed by atoms with Gasteiger partial charge in [-0.2, -0.15) is 23.6 Å². The molecular weight excluding hydrogens is 548 g/mol. The molecule has 41 heavy (non-hydrogen) atoms. The van der Waals surface area contributed by atoms with Gasteiger partial charge >= 0.3 is 18.0 Å². The highest BCUT2D eigenvalue weighted by atomic mass is 19.4. The molecule has 0 unspecified atom stereocenters. The van der Waals surface area contributed by atoms with Crippen LogP contribution in [-0.4, -0.2) is 57.0 Å². The van der Waals surface area contributed by atoms with Crippen molar-refractivity contribution in [2.45, 2.75) is 27.6 Å². The van der Waals surface area contributed by atoms with Gasteiger partial charge in [-0.1, -0.05) is 25.7 Å². The van der Waals surface area contributed by atoms with Gasteiger partial charge in [0.15, 0.2) is 5.82 Å². The summed E-state index contributed by atoms with van der Waals surface area (Å²) in [4.78, 5) is 18.6. The lowest BCUT2D eigenvalue weighted by molar-refractivity contribution is -0.893. The van der Waals surface area contributed by atoms with Crippen LogP contribution in [0.4, 0.5) is 39.7 Å². The van der Waals surface area contributed by atoms with Gasteiger partial charge in [0, 0.05) is 31.3 Å². The van der Waals surface area contributed by atoms with Gasteiger partial charge in [-0.3, -0.25) is 10.2 Å². The maximum atomic E-state index is 15.1. The van der Waals surface area contributed by atoms with Crippen LogP contribution in [0, 0.1) is 5.82 Å². The average Bonchev–Trinajstić information content (AvgIpc) is 3.26. The molecule has 5 rings (SSSR count). The molecule has 3 aromatic heterocycles. The number of amides is 2. The molecule has 0 atom stereocenters. The van der Waals surface area contributed by atoms with E-state index in [2.05, 4.69) is 25.6 Å². The summed E-state index contributed by atoms with van der Waals surface area (Å²) in [7, 11) is 0. The minimum absolute atomic E-state index is 0. The summed E-state index contributed by atoms with van der Waals surface area (Å²) in [5.74, 6) is -1.18. The van der Waals surface area contributed by atoms with Crippen LogP contribution in [0.25, 0.3) is 16.6 Å². The molecule has 1 aliphatic heterocycles. The molecule has 5 N–H and O–H groups in total. The number of nitrogens with two attached hydrogens (primary N) is 1. The van der Waals surface area contributed by atoms with E-state index in [1.807, 2.05) is 6.07 Å². The Balaban J connectivity index is 0.00000231. The van der Waals surface area contributed by atoms with Crippen LogP contribution in [0.3, 0.4) is 0 Å². The number of aromatic nitrogens is 4. The molecule has 4 aromatic rings. The van der Waals surface area contributed by atoms with Crippen molar-refractivity contribution in [3.63, 3.8) is 0 Å². The normalized spacial score (nSPS) is 13.8. The quantitative estimate of drug-likeness (QED) is 0.156. The number of morpholine rings is 1. The fourth-order valence-corrected chi connectivity index (χ4v) is 4.27. The Morgan fingerprint density at radius 3 is 2.54 bits per heavy atom. The number of ether oxygens (including phenoxy) is 1. The fourth-order valence-electron chi connectivity index (χ4n) is 4.27. The summed E-state index contributed by atoms with van der Waals surface area (Å²) in [6.07, 6.45) is -2.64. The SMILES string of the molecule is C.C.Nc1ncnn2c(CN3CCOCC3)cc(-c3ccc(NC(=O)Nc4cc(C(F)(F)F)cc[n+]4O)c(F)c3)c12. The molecule has 0 radical (unpaired) electrons. The van der Waals surface area contributed by atoms with Gasteiger partial charge < -0.3 is 15.7 Å². The van der Waals surface area contributed by atoms with Crippen LogP contribution in [0.5, 0.6) is 0 Å². The largest absolute Gasteiger partial charge is 0.416 e. The molecule has 11 nitrogen and oxygen atoms in total. The Hall–Kier alpha value is -4.50. The van der Waals surface area contributed by atoms with E-state index >= 15 is 4.39 Å². The number of nitrogens with zero attached hydrogens (tertiary/aromatic N) is 5. The minimum atomic E-state index is -4.69. The predicted octanol–water partition coefficient (Wildman–Crippen LogP) is 4.41. The van der Waals surface area contributed by atoms with E-state index in [0.29, 0.717) is 53.3 Å². The van der Waals surface area contributed by atoms with Gasteiger partial charge in [0.25, 0.3) is 0 Å². The number of carbonyl (C=O) groups excluding carboxylic acids is 1. The highest BCUT2D eigenvalue weighted by molar-refractivity contribution is 5.99. The fraction of sp³-hybridized carbons (Fsp3) is 0.308. The van der Waals surface area contributed by atoms with E-state index < -0.39 is 29.4 Å². The molecule has 1 saturated heterocycles. The highest BCUT2D eigenvalue weighted by Gasteiger charge is 2.33. The summed E-state index contributed by atoms with van der Waals surface area (Å²) in [6, 6.07) is 5.99. The number of rotatable bonds is 5. The van der Waals surface area contributed by atoms with Crippen LogP contribution in [0.15, 0.2) is 48.9 Å². The third-order valence-electron chi connectivity index (χ3n) is 6.18. The average molecular weight is 580 g/mol. The van der Waals surface area contributed by atoms with Gasteiger partial charge in [-0.05, 0) is 29.8 Å². The molecule has 220 valence electrons. The standard InChI is InChI=1S/C24H22F4N8O3.2CH4/c25-18-9-14(1-2-19(18)32-23(37)33-20-10-15(24(26,27)28)3-4-35(20)38)17-11-16(12-34-5-7-39-8-6-34)36-21(17)22(29)30-13-31-36;;/h1-4,9-11,13,38H,5-8,12H2,(H3,29,30,31,32,37);2*1H4/p+1. The molecule has 0 bridgehead atoms. The second kappa shape index (κ2) is 12.3. The van der Waals surface area contributed by atoms with Gasteiger partial charge in [0.05, 0.1) is 30.2 Å². The first-order valence-corrected chi connectivity index (χ1v) is 11.7. The van der Waals surface area contributed by atoms with Gasteiger partial charge in [0.2, 0.25) is 0 Å². The zero-order chi connectivity index (χ0) is 27.7. The number of benzene rings is 1. The number of anilines is 3. The molecule has 1 fully saturated rings. The van der Waals surface area contributed by atoms with Gasteiger partial charge in [-0.15, -0.1) is 0 Å². The molecule has 4 heterocycles. The van der Waals surface area contributed by atoms with Crippen LogP contribution < -0.4 is 21.1 Å². The number of alkyl halides is 3. The van der Waals surface area contributed by atoms with E-state index in [0.717, 1.165) is 25.0 Å². The number of halogens is 4. The summed E-state index contributed by atoms with van der Waals surface area (Å²) in [6.45, 7) is 3.29. The summed E-state index contributed by atoms with van der Waals surface area (Å²) in [5, 5.41) is 18.4. The number of nitrogen functional groups attached to an aromatic ring is 1. The van der Waals surface area contributed by atoms with Crippen LogP contribution in [-0.2, 0) is 17.5 Å². The molecule has 15 heteroatoms. The highest BCUT2D eigenvalue weighted by Crippen LogP contribution is 2.33. The topological polar surface area (TPSA) is 134 Å². The van der Waals surface area contributed by atoms with Crippen molar-refractivity contribution in [1.29, 1.82) is 0 Å². The molecule has 0 aliphatic carbocycles. The first kappa shape index (κ1) is 31.0. The van der Waals surface area contributed by atoms with E-state index in [4.69, 9.17) is 10.5 Å². The lowest BCUT2D eigenvalue weighted by Gasteiger charge is -2.26. The number of urea groups is 1. The molecule has 0 saturated carbocycles. The van der Waals surface area contributed by atoms with E-state index in [-0.39, 0.29) is 26.4 Å². The second-order valence-electron chi connectivity index (χ2n) is 8.76. The van der Waals surface area contributed by atoms with E-state index in [1.54, 1.807) is 10.6 Å². The van der Waals surface area contributed by atoms with Crippen LogP contribution in [0.1, 0.15) is 26.1 Å². The molecule has 1 aromatic carbocycles. The third kappa shape index (κ3) is 6.63. The first-order valence-electron chi connectivity index (χ1n) is 11.7. The zero-order valence-electron chi connectivity index (χ0n) is 20.2. The smallest absolute Gasteiger partial charge is 0.382 e. The van der Waals surface area contributed by atoms with Crippen molar-refractivity contribution in [3.8, 4) is 11.1 Å².